The number of nitrogens with zero attached hydrogens (tertiary/aromatic N) is 6. The van der Waals surface area contributed by atoms with Gasteiger partial charge in [-0.1, -0.05) is 29.3 Å². The van der Waals surface area contributed by atoms with Crippen molar-refractivity contribution < 1.29 is 27.8 Å². The van der Waals surface area contributed by atoms with E-state index in [-0.39, 0.29) is 57.4 Å². The molecule has 2 aliphatic rings. The summed E-state index contributed by atoms with van der Waals surface area (Å²) < 4.78 is 38.3. The zero-order valence-corrected chi connectivity index (χ0v) is 27.2. The quantitative estimate of drug-likeness (QED) is 0.281. The first kappa shape index (κ1) is 33.2. The third-order valence-corrected chi connectivity index (χ3v) is 8.43. The topological polar surface area (TPSA) is 103 Å². The Hall–Kier alpha value is -4.20. The summed E-state index contributed by atoms with van der Waals surface area (Å²) >= 11 is 13.5. The molecule has 3 aromatic rings. The van der Waals surface area contributed by atoms with E-state index in [9.17, 15) is 18.4 Å². The minimum atomic E-state index is -1.03. The van der Waals surface area contributed by atoms with Gasteiger partial charge in [-0.05, 0) is 39.1 Å². The second-order valence-corrected chi connectivity index (χ2v) is 11.8. The fraction of sp³-hybridized carbons (Fsp3) is 0.355. The van der Waals surface area contributed by atoms with E-state index in [1.165, 1.54) is 31.3 Å². The number of likely N-dealkylation sites (N-methyl/N-ethyl adjacent to an activating group) is 1. The van der Waals surface area contributed by atoms with Crippen molar-refractivity contribution in [2.24, 2.45) is 0 Å². The standard InChI is InChI=1S/C31H33Cl2F2N7O4/c1-39(2)11-5-6-25(43)40-12-9-20(10-13-40)42-29-18(16-36-30(38-29)37-19-7-8-21(34)22(35)14-19)17-41(31(42)44)28-26(32)23(45-3)15-24(46-4)27(28)33/h5-8,14-16,20H,9-13,17H2,1-4H3,(H,36,37,38)/b6-5+. The summed E-state index contributed by atoms with van der Waals surface area (Å²) in [6.45, 7) is 1.47. The van der Waals surface area contributed by atoms with Gasteiger partial charge in [0, 0.05) is 61.3 Å². The van der Waals surface area contributed by atoms with E-state index in [0.717, 1.165) is 12.1 Å². The molecule has 0 aliphatic carbocycles. The van der Waals surface area contributed by atoms with Crippen LogP contribution in [0, 0.1) is 11.6 Å². The normalized spacial score (nSPS) is 15.5. The zero-order valence-electron chi connectivity index (χ0n) is 25.7. The molecular formula is C31H33Cl2F2N7O4. The monoisotopic (exact) mass is 675 g/mol. The van der Waals surface area contributed by atoms with E-state index in [2.05, 4.69) is 15.3 Å². The van der Waals surface area contributed by atoms with Crippen LogP contribution in [0.4, 0.5) is 36.7 Å². The molecule has 0 spiro atoms. The molecule has 46 heavy (non-hydrogen) atoms. The molecule has 15 heteroatoms. The minimum Gasteiger partial charge on any atom is -0.495 e. The Bertz CT molecular complexity index is 1640. The molecule has 11 nitrogen and oxygen atoms in total. The van der Waals surface area contributed by atoms with Crippen LogP contribution in [0.15, 0.2) is 42.6 Å². The molecule has 0 saturated carbocycles. The Kier molecular flexibility index (Phi) is 10.1. The number of methoxy groups -OCH3 is 2. The van der Waals surface area contributed by atoms with Crippen molar-refractivity contribution in [3.63, 3.8) is 0 Å². The number of urea groups is 1. The predicted octanol–water partition coefficient (Wildman–Crippen LogP) is 5.88. The van der Waals surface area contributed by atoms with Crippen molar-refractivity contribution in [2.45, 2.75) is 25.4 Å². The number of halogens is 4. The highest BCUT2D eigenvalue weighted by Crippen LogP contribution is 2.48. The van der Waals surface area contributed by atoms with Crippen molar-refractivity contribution >= 4 is 58.3 Å². The third kappa shape index (κ3) is 6.81. The smallest absolute Gasteiger partial charge is 0.330 e. The number of amides is 3. The molecule has 244 valence electrons. The van der Waals surface area contributed by atoms with Crippen LogP contribution >= 0.6 is 23.2 Å². The molecule has 0 bridgehead atoms. The van der Waals surface area contributed by atoms with Gasteiger partial charge in [-0.3, -0.25) is 14.6 Å². The number of benzene rings is 2. The number of piperidine rings is 1. The highest BCUT2D eigenvalue weighted by molar-refractivity contribution is 6.42. The molecule has 3 amide bonds. The van der Waals surface area contributed by atoms with Gasteiger partial charge < -0.3 is 24.6 Å². The molecule has 1 N–H and O–H groups in total. The number of carbonyl (C=O) groups excluding carboxylic acids is 2. The van der Waals surface area contributed by atoms with Gasteiger partial charge in [-0.25, -0.2) is 18.6 Å². The maximum atomic E-state index is 14.4. The van der Waals surface area contributed by atoms with Crippen molar-refractivity contribution in [1.82, 2.24) is 19.8 Å². The maximum absolute atomic E-state index is 14.4. The Morgan fingerprint density at radius 1 is 1.09 bits per heavy atom. The van der Waals surface area contributed by atoms with Crippen LogP contribution in [-0.2, 0) is 11.3 Å². The Labute approximate surface area is 275 Å². The molecule has 2 aromatic carbocycles. The number of likely N-dealkylation sites (tertiary alicyclic amines) is 1. The van der Waals surface area contributed by atoms with Crippen LogP contribution in [0.1, 0.15) is 18.4 Å². The fourth-order valence-corrected chi connectivity index (χ4v) is 6.07. The lowest BCUT2D eigenvalue weighted by atomic mass is 10.0. The zero-order chi connectivity index (χ0) is 33.1. The second-order valence-electron chi connectivity index (χ2n) is 11.0. The molecule has 0 unspecified atom stereocenters. The van der Waals surface area contributed by atoms with Gasteiger partial charge in [0.1, 0.15) is 27.4 Å². The lowest BCUT2D eigenvalue weighted by Gasteiger charge is -2.43. The fourth-order valence-electron chi connectivity index (χ4n) is 5.37. The molecule has 3 heterocycles. The van der Waals surface area contributed by atoms with Gasteiger partial charge in [0.25, 0.3) is 0 Å². The lowest BCUT2D eigenvalue weighted by Crippen LogP contribution is -2.55. The van der Waals surface area contributed by atoms with Gasteiger partial charge in [0.15, 0.2) is 11.6 Å². The van der Waals surface area contributed by atoms with E-state index in [0.29, 0.717) is 43.9 Å². The van der Waals surface area contributed by atoms with Crippen molar-refractivity contribution in [3.05, 3.63) is 69.9 Å². The van der Waals surface area contributed by atoms with E-state index >= 15 is 0 Å². The number of rotatable bonds is 9. The van der Waals surface area contributed by atoms with Crippen LogP contribution in [0.25, 0.3) is 0 Å². The van der Waals surface area contributed by atoms with E-state index in [1.54, 1.807) is 22.1 Å². The van der Waals surface area contributed by atoms with Gasteiger partial charge in [0.2, 0.25) is 11.9 Å². The number of hydrogen-bond donors (Lipinski definition) is 1. The largest absolute Gasteiger partial charge is 0.495 e. The minimum absolute atomic E-state index is 0.0138. The first-order valence-corrected chi connectivity index (χ1v) is 15.2. The van der Waals surface area contributed by atoms with Crippen molar-refractivity contribution in [2.75, 3.05) is 63.1 Å². The van der Waals surface area contributed by atoms with Crippen LogP contribution in [0.2, 0.25) is 10.0 Å². The van der Waals surface area contributed by atoms with Gasteiger partial charge in [-0.2, -0.15) is 4.98 Å². The molecule has 0 radical (unpaired) electrons. The lowest BCUT2D eigenvalue weighted by molar-refractivity contribution is -0.127. The first-order chi connectivity index (χ1) is 22.0. The average molecular weight is 677 g/mol. The number of aromatic nitrogens is 2. The number of ether oxygens (including phenoxy) is 2. The summed E-state index contributed by atoms with van der Waals surface area (Å²) in [6.07, 6.45) is 5.85. The summed E-state index contributed by atoms with van der Waals surface area (Å²) in [6, 6.07) is 4.05. The molecule has 1 fully saturated rings. The molecule has 5 rings (SSSR count). The van der Waals surface area contributed by atoms with Crippen LogP contribution in [0.3, 0.4) is 0 Å². The van der Waals surface area contributed by atoms with Gasteiger partial charge in [-0.15, -0.1) is 0 Å². The highest BCUT2D eigenvalue weighted by Gasteiger charge is 2.41. The summed E-state index contributed by atoms with van der Waals surface area (Å²) in [5, 5.41) is 3.12. The number of anilines is 4. The SMILES string of the molecule is COc1cc(OC)c(Cl)c(N2Cc3cnc(Nc4ccc(F)c(F)c4)nc3N(C3CCN(C(=O)/C=C/CN(C)C)CC3)C2=O)c1Cl. The maximum Gasteiger partial charge on any atom is 0.330 e. The van der Waals surface area contributed by atoms with Gasteiger partial charge in [0.05, 0.1) is 26.5 Å². The van der Waals surface area contributed by atoms with Crippen LogP contribution < -0.4 is 24.6 Å². The number of carbonyl (C=O) groups is 2. The number of fused-ring (bicyclic) bond motifs is 1. The highest BCUT2D eigenvalue weighted by atomic mass is 35.5. The first-order valence-electron chi connectivity index (χ1n) is 14.4. The van der Waals surface area contributed by atoms with E-state index in [1.807, 2.05) is 25.1 Å². The van der Waals surface area contributed by atoms with Crippen molar-refractivity contribution in [1.29, 1.82) is 0 Å². The molecular weight excluding hydrogens is 643 g/mol. The molecule has 2 aliphatic heterocycles. The third-order valence-electron chi connectivity index (χ3n) is 7.70. The summed E-state index contributed by atoms with van der Waals surface area (Å²) in [7, 11) is 6.72. The van der Waals surface area contributed by atoms with Crippen LogP contribution in [-0.4, -0.2) is 85.7 Å². The summed E-state index contributed by atoms with van der Waals surface area (Å²) in [5.41, 5.74) is 1.00. The van der Waals surface area contributed by atoms with E-state index in [4.69, 9.17) is 32.7 Å². The summed E-state index contributed by atoms with van der Waals surface area (Å²) in [5.74, 6) is -1.18. The molecule has 0 atom stereocenters. The van der Waals surface area contributed by atoms with Crippen molar-refractivity contribution in [3.8, 4) is 11.5 Å². The molecule has 1 saturated heterocycles. The Balaban J connectivity index is 1.51. The number of nitrogens with one attached hydrogen (secondary N) is 1. The number of hydrogen-bond acceptors (Lipinski definition) is 8. The second kappa shape index (κ2) is 14.1. The summed E-state index contributed by atoms with van der Waals surface area (Å²) in [4.78, 5) is 43.0. The van der Waals surface area contributed by atoms with Gasteiger partial charge >= 0.3 is 6.03 Å². The van der Waals surface area contributed by atoms with E-state index < -0.39 is 17.7 Å². The predicted molar refractivity (Wildman–Crippen MR) is 173 cm³/mol. The Morgan fingerprint density at radius 2 is 1.76 bits per heavy atom. The van der Waals surface area contributed by atoms with Crippen LogP contribution in [0.5, 0.6) is 11.5 Å². The average Bonchev–Trinajstić information content (AvgIpc) is 3.03. The molecule has 1 aromatic heterocycles. The Morgan fingerprint density at radius 3 is 2.37 bits per heavy atom.